The first-order valence-corrected chi connectivity index (χ1v) is 7.27. The quantitative estimate of drug-likeness (QED) is 0.776. The molecule has 16 heavy (non-hydrogen) atoms. The summed E-state index contributed by atoms with van der Waals surface area (Å²) in [5.41, 5.74) is 0. The summed E-state index contributed by atoms with van der Waals surface area (Å²) in [6.45, 7) is 8.54. The van der Waals surface area contributed by atoms with Crippen molar-refractivity contribution >= 4 is 0 Å². The van der Waals surface area contributed by atoms with Crippen LogP contribution in [0.2, 0.25) is 0 Å². The summed E-state index contributed by atoms with van der Waals surface area (Å²) in [4.78, 5) is 2.83. The van der Waals surface area contributed by atoms with E-state index in [9.17, 15) is 0 Å². The molecular weight excluding hydrogens is 196 g/mol. The molecule has 0 spiro atoms. The normalized spacial score (nSPS) is 38.2. The van der Waals surface area contributed by atoms with Crippen LogP contribution in [-0.4, -0.2) is 36.6 Å². The summed E-state index contributed by atoms with van der Waals surface area (Å²) in [5, 5.41) is 3.61. The van der Waals surface area contributed by atoms with E-state index in [0.29, 0.717) is 0 Å². The van der Waals surface area contributed by atoms with Crippen LogP contribution in [0, 0.1) is 5.92 Å². The van der Waals surface area contributed by atoms with E-state index in [1.54, 1.807) is 0 Å². The highest BCUT2D eigenvalue weighted by Gasteiger charge is 2.29. The van der Waals surface area contributed by atoms with Crippen LogP contribution in [0.1, 0.15) is 52.4 Å². The molecule has 0 aromatic heterocycles. The lowest BCUT2D eigenvalue weighted by Gasteiger charge is -2.40. The number of nitrogens with one attached hydrogen (secondary N) is 1. The van der Waals surface area contributed by atoms with Gasteiger partial charge in [-0.2, -0.15) is 0 Å². The second-order valence-corrected chi connectivity index (χ2v) is 5.80. The lowest BCUT2D eigenvalue weighted by atomic mass is 9.94. The smallest absolute Gasteiger partial charge is 0.0226 e. The Labute approximate surface area is 101 Å². The Balaban J connectivity index is 1.97. The van der Waals surface area contributed by atoms with Gasteiger partial charge in [0.15, 0.2) is 0 Å². The minimum Gasteiger partial charge on any atom is -0.315 e. The summed E-state index contributed by atoms with van der Waals surface area (Å²) >= 11 is 0. The lowest BCUT2D eigenvalue weighted by Crippen LogP contribution is -2.52. The predicted molar refractivity (Wildman–Crippen MR) is 69.7 cm³/mol. The molecule has 0 bridgehead atoms. The largest absolute Gasteiger partial charge is 0.315 e. The van der Waals surface area contributed by atoms with Gasteiger partial charge in [0.2, 0.25) is 0 Å². The Morgan fingerprint density at radius 1 is 1.19 bits per heavy atom. The molecule has 0 amide bonds. The molecule has 94 valence electrons. The van der Waals surface area contributed by atoms with Crippen molar-refractivity contribution in [2.45, 2.75) is 64.5 Å². The number of nitrogens with zero attached hydrogens (tertiary/aromatic N) is 1. The summed E-state index contributed by atoms with van der Waals surface area (Å²) in [6.07, 6.45) is 8.49. The Bertz CT molecular complexity index is 205. The van der Waals surface area contributed by atoms with E-state index in [4.69, 9.17) is 0 Å². The van der Waals surface area contributed by atoms with E-state index in [-0.39, 0.29) is 0 Å². The SMILES string of the molecule is CCC1CCCCCN1C1CNCC(C)C1. The van der Waals surface area contributed by atoms with Crippen LogP contribution in [0.25, 0.3) is 0 Å². The molecule has 0 aliphatic carbocycles. The van der Waals surface area contributed by atoms with Gasteiger partial charge in [0.25, 0.3) is 0 Å². The fourth-order valence-electron chi connectivity index (χ4n) is 3.50. The highest BCUT2D eigenvalue weighted by Crippen LogP contribution is 2.25. The third-order valence-corrected chi connectivity index (χ3v) is 4.41. The van der Waals surface area contributed by atoms with Crippen molar-refractivity contribution in [3.8, 4) is 0 Å². The van der Waals surface area contributed by atoms with Gasteiger partial charge in [-0.15, -0.1) is 0 Å². The zero-order chi connectivity index (χ0) is 11.4. The zero-order valence-electron chi connectivity index (χ0n) is 11.0. The number of hydrogen-bond acceptors (Lipinski definition) is 2. The molecule has 3 atom stereocenters. The van der Waals surface area contributed by atoms with Gasteiger partial charge in [-0.25, -0.2) is 0 Å². The minimum atomic E-state index is 0.812. The van der Waals surface area contributed by atoms with Crippen molar-refractivity contribution in [2.24, 2.45) is 5.92 Å². The molecule has 0 aromatic carbocycles. The van der Waals surface area contributed by atoms with Gasteiger partial charge in [0.1, 0.15) is 0 Å². The molecular formula is C14H28N2. The highest BCUT2D eigenvalue weighted by molar-refractivity contribution is 4.86. The average Bonchev–Trinajstić information content (AvgIpc) is 2.53. The topological polar surface area (TPSA) is 15.3 Å². The molecule has 0 aromatic rings. The lowest BCUT2D eigenvalue weighted by molar-refractivity contribution is 0.0976. The summed E-state index contributed by atoms with van der Waals surface area (Å²) in [7, 11) is 0. The van der Waals surface area contributed by atoms with Gasteiger partial charge < -0.3 is 5.32 Å². The van der Waals surface area contributed by atoms with Crippen LogP contribution in [0.3, 0.4) is 0 Å². The van der Waals surface area contributed by atoms with E-state index in [2.05, 4.69) is 24.1 Å². The van der Waals surface area contributed by atoms with E-state index in [0.717, 1.165) is 18.0 Å². The van der Waals surface area contributed by atoms with Gasteiger partial charge in [0, 0.05) is 18.6 Å². The van der Waals surface area contributed by atoms with Gasteiger partial charge in [0.05, 0.1) is 0 Å². The molecule has 2 aliphatic heterocycles. The monoisotopic (exact) mass is 224 g/mol. The van der Waals surface area contributed by atoms with E-state index < -0.39 is 0 Å². The molecule has 2 saturated heterocycles. The molecule has 1 N–H and O–H groups in total. The third kappa shape index (κ3) is 2.98. The molecule has 2 fully saturated rings. The first-order chi connectivity index (χ1) is 7.81. The Morgan fingerprint density at radius 3 is 2.81 bits per heavy atom. The van der Waals surface area contributed by atoms with Crippen molar-refractivity contribution in [2.75, 3.05) is 19.6 Å². The van der Waals surface area contributed by atoms with Crippen molar-refractivity contribution in [3.63, 3.8) is 0 Å². The van der Waals surface area contributed by atoms with Crippen LogP contribution in [0.4, 0.5) is 0 Å². The number of likely N-dealkylation sites (tertiary alicyclic amines) is 1. The Kier molecular flexibility index (Phi) is 4.66. The van der Waals surface area contributed by atoms with Crippen molar-refractivity contribution < 1.29 is 0 Å². The molecule has 3 unspecified atom stereocenters. The van der Waals surface area contributed by atoms with Gasteiger partial charge in [-0.05, 0) is 44.7 Å². The average molecular weight is 224 g/mol. The number of piperidine rings is 1. The maximum Gasteiger partial charge on any atom is 0.0226 e. The van der Waals surface area contributed by atoms with Crippen molar-refractivity contribution in [1.82, 2.24) is 10.2 Å². The molecule has 0 saturated carbocycles. The van der Waals surface area contributed by atoms with E-state index >= 15 is 0 Å². The Morgan fingerprint density at radius 2 is 2.06 bits per heavy atom. The van der Waals surface area contributed by atoms with Crippen molar-refractivity contribution in [3.05, 3.63) is 0 Å². The van der Waals surface area contributed by atoms with Crippen LogP contribution in [-0.2, 0) is 0 Å². The van der Waals surface area contributed by atoms with E-state index in [1.807, 2.05) is 0 Å². The van der Waals surface area contributed by atoms with E-state index in [1.165, 1.54) is 58.2 Å². The minimum absolute atomic E-state index is 0.812. The van der Waals surface area contributed by atoms with Crippen LogP contribution in [0.15, 0.2) is 0 Å². The highest BCUT2D eigenvalue weighted by atomic mass is 15.2. The standard InChI is InChI=1S/C14H28N2/c1-3-13-7-5-4-6-8-16(13)14-9-12(2)10-15-11-14/h12-15H,3-11H2,1-2H3. The van der Waals surface area contributed by atoms with Gasteiger partial charge in [-0.1, -0.05) is 26.7 Å². The van der Waals surface area contributed by atoms with Crippen molar-refractivity contribution in [1.29, 1.82) is 0 Å². The maximum atomic E-state index is 3.61. The maximum absolute atomic E-state index is 3.61. The first kappa shape index (κ1) is 12.4. The fraction of sp³-hybridized carbons (Fsp3) is 1.00. The van der Waals surface area contributed by atoms with Gasteiger partial charge in [-0.3, -0.25) is 4.90 Å². The van der Waals surface area contributed by atoms with Gasteiger partial charge >= 0.3 is 0 Å². The molecule has 2 aliphatic rings. The Hall–Kier alpha value is -0.0800. The third-order valence-electron chi connectivity index (χ3n) is 4.41. The molecule has 2 nitrogen and oxygen atoms in total. The van der Waals surface area contributed by atoms with Crippen LogP contribution >= 0.6 is 0 Å². The molecule has 0 radical (unpaired) electrons. The second-order valence-electron chi connectivity index (χ2n) is 5.80. The zero-order valence-corrected chi connectivity index (χ0v) is 11.0. The van der Waals surface area contributed by atoms with Crippen LogP contribution < -0.4 is 5.32 Å². The number of rotatable bonds is 2. The molecule has 2 heteroatoms. The number of hydrogen-bond donors (Lipinski definition) is 1. The first-order valence-electron chi connectivity index (χ1n) is 7.27. The summed E-state index contributed by atoms with van der Waals surface area (Å²) < 4.78 is 0. The predicted octanol–water partition coefficient (Wildman–Crippen LogP) is 2.64. The summed E-state index contributed by atoms with van der Waals surface area (Å²) in [5.74, 6) is 0.861. The summed E-state index contributed by atoms with van der Waals surface area (Å²) in [6, 6.07) is 1.67. The van der Waals surface area contributed by atoms with Crippen LogP contribution in [0.5, 0.6) is 0 Å². The fourth-order valence-corrected chi connectivity index (χ4v) is 3.50. The molecule has 2 heterocycles. The molecule has 2 rings (SSSR count). The second kappa shape index (κ2) is 6.02.